The largest absolute Gasteiger partial charge is 0.390 e. The third-order valence-corrected chi connectivity index (χ3v) is 7.01. The van der Waals surface area contributed by atoms with Crippen LogP contribution in [0.25, 0.3) is 0 Å². The number of ether oxygens (including phenoxy) is 3. The second-order valence-corrected chi connectivity index (χ2v) is 9.23. The fraction of sp³-hybridized carbons (Fsp3) is 0.727. The summed E-state index contributed by atoms with van der Waals surface area (Å²) in [6.07, 6.45) is -5.87. The SMILES string of the molecule is CN[C@@H]1[C@H](O)[C@H](NC)[C@H]2O[C@]3(O)[C@H](OC2[C@H]1O)O[C@H](C)C[C@@]3(O)CNCc1ccc(F)cc1. The van der Waals surface area contributed by atoms with Gasteiger partial charge in [0.2, 0.25) is 12.1 Å². The predicted molar refractivity (Wildman–Crippen MR) is 114 cm³/mol. The molecule has 0 radical (unpaired) electrons. The summed E-state index contributed by atoms with van der Waals surface area (Å²) in [5, 5.41) is 53.7. The molecule has 3 aliphatic rings. The molecule has 4 rings (SSSR count). The third-order valence-electron chi connectivity index (χ3n) is 7.01. The maximum Gasteiger partial charge on any atom is 0.249 e. The summed E-state index contributed by atoms with van der Waals surface area (Å²) >= 11 is 0. The molecule has 1 aromatic carbocycles. The van der Waals surface area contributed by atoms with Gasteiger partial charge >= 0.3 is 0 Å². The van der Waals surface area contributed by atoms with Crippen LogP contribution in [0.2, 0.25) is 0 Å². The highest BCUT2D eigenvalue weighted by atomic mass is 19.1. The number of aliphatic hydroxyl groups excluding tert-OH is 2. The van der Waals surface area contributed by atoms with E-state index in [1.54, 1.807) is 33.2 Å². The van der Waals surface area contributed by atoms with E-state index in [9.17, 15) is 24.8 Å². The van der Waals surface area contributed by atoms with E-state index in [2.05, 4.69) is 16.0 Å². The molecular weight excluding hydrogens is 437 g/mol. The van der Waals surface area contributed by atoms with E-state index in [1.165, 1.54) is 12.1 Å². The molecule has 11 heteroatoms. The van der Waals surface area contributed by atoms with E-state index in [4.69, 9.17) is 14.2 Å². The lowest BCUT2D eigenvalue weighted by molar-refractivity contribution is -0.482. The normalized spacial score (nSPS) is 45.3. The first-order chi connectivity index (χ1) is 15.6. The van der Waals surface area contributed by atoms with E-state index in [0.717, 1.165) is 5.56 Å². The van der Waals surface area contributed by atoms with Gasteiger partial charge < -0.3 is 50.6 Å². The topological polar surface area (TPSA) is 145 Å². The Labute approximate surface area is 192 Å². The van der Waals surface area contributed by atoms with Crippen LogP contribution >= 0.6 is 0 Å². The van der Waals surface area contributed by atoms with E-state index in [0.29, 0.717) is 6.54 Å². The maximum absolute atomic E-state index is 13.2. The number of hydrogen-bond acceptors (Lipinski definition) is 10. The van der Waals surface area contributed by atoms with Crippen molar-refractivity contribution in [2.75, 3.05) is 20.6 Å². The quantitative estimate of drug-likeness (QED) is 0.253. The van der Waals surface area contributed by atoms with Crippen LogP contribution in [0.15, 0.2) is 24.3 Å². The van der Waals surface area contributed by atoms with Gasteiger partial charge in [-0.05, 0) is 38.7 Å². The van der Waals surface area contributed by atoms with Gasteiger partial charge in [-0.25, -0.2) is 4.39 Å². The summed E-state index contributed by atoms with van der Waals surface area (Å²) in [6.45, 7) is 2.00. The standard InChI is InChI=1S/C22H34FN3O7/c1-11-8-21(29,10-26-9-12-4-6-13(23)7-5-12)22(30)20(31-11)32-19-17(28)14(24-2)16(27)15(25-3)18(19)33-22/h4-7,11,14-20,24-30H,8-10H2,1-3H3/t11-,14-,15+,16+,17+,18-,19?,20+,21-,22-/m1/s1. The van der Waals surface area contributed by atoms with Crippen molar-refractivity contribution in [3.8, 4) is 0 Å². The molecule has 33 heavy (non-hydrogen) atoms. The van der Waals surface area contributed by atoms with Gasteiger partial charge in [-0.1, -0.05) is 12.1 Å². The van der Waals surface area contributed by atoms with Crippen molar-refractivity contribution in [1.82, 2.24) is 16.0 Å². The van der Waals surface area contributed by atoms with Gasteiger partial charge in [0.15, 0.2) is 0 Å². The summed E-state index contributed by atoms with van der Waals surface area (Å²) in [4.78, 5) is 0. The van der Waals surface area contributed by atoms with Crippen LogP contribution in [-0.4, -0.2) is 101 Å². The smallest absolute Gasteiger partial charge is 0.249 e. The molecule has 7 N–H and O–H groups in total. The number of rotatable bonds is 6. The molecule has 0 aromatic heterocycles. The van der Waals surface area contributed by atoms with Crippen LogP contribution < -0.4 is 16.0 Å². The van der Waals surface area contributed by atoms with Gasteiger partial charge in [-0.15, -0.1) is 0 Å². The van der Waals surface area contributed by atoms with Crippen LogP contribution in [0, 0.1) is 5.82 Å². The summed E-state index contributed by atoms with van der Waals surface area (Å²) in [6, 6.07) is 4.55. The molecule has 3 fully saturated rings. The lowest BCUT2D eigenvalue weighted by Crippen LogP contribution is -2.81. The summed E-state index contributed by atoms with van der Waals surface area (Å²) in [7, 11) is 3.25. The maximum atomic E-state index is 13.2. The van der Waals surface area contributed by atoms with Gasteiger partial charge in [-0.3, -0.25) is 0 Å². The first-order valence-electron chi connectivity index (χ1n) is 11.2. The number of fused-ring (bicyclic) bond motifs is 2. The molecule has 1 aromatic rings. The van der Waals surface area contributed by atoms with Gasteiger partial charge in [0.25, 0.3) is 0 Å². The Morgan fingerprint density at radius 3 is 2.30 bits per heavy atom. The van der Waals surface area contributed by atoms with Crippen LogP contribution in [-0.2, 0) is 20.8 Å². The Bertz CT molecular complexity index is 820. The lowest BCUT2D eigenvalue weighted by atomic mass is 9.77. The Morgan fingerprint density at radius 2 is 1.67 bits per heavy atom. The summed E-state index contributed by atoms with van der Waals surface area (Å²) < 4.78 is 31.0. The Kier molecular flexibility index (Phi) is 7.10. The Hall–Kier alpha value is -1.25. The highest BCUT2D eigenvalue weighted by Crippen LogP contribution is 2.46. The van der Waals surface area contributed by atoms with Crippen molar-refractivity contribution in [2.24, 2.45) is 0 Å². The minimum absolute atomic E-state index is 0.0473. The van der Waals surface area contributed by atoms with Crippen LogP contribution in [0.3, 0.4) is 0 Å². The lowest BCUT2D eigenvalue weighted by Gasteiger charge is -2.60. The van der Waals surface area contributed by atoms with Crippen LogP contribution in [0.4, 0.5) is 4.39 Å². The second kappa shape index (κ2) is 9.42. The zero-order chi connectivity index (χ0) is 24.0. The zero-order valence-electron chi connectivity index (χ0n) is 18.9. The molecule has 0 amide bonds. The number of likely N-dealkylation sites (N-methyl/N-ethyl adjacent to an activating group) is 2. The summed E-state index contributed by atoms with van der Waals surface area (Å²) in [5.41, 5.74) is -1.01. The number of nitrogens with one attached hydrogen (secondary N) is 3. The van der Waals surface area contributed by atoms with Crippen molar-refractivity contribution in [3.05, 3.63) is 35.6 Å². The fourth-order valence-corrected chi connectivity index (χ4v) is 5.24. The van der Waals surface area contributed by atoms with Gasteiger partial charge in [0, 0.05) is 19.5 Å². The first-order valence-corrected chi connectivity index (χ1v) is 11.2. The van der Waals surface area contributed by atoms with Crippen molar-refractivity contribution >= 4 is 0 Å². The minimum atomic E-state index is -2.27. The number of halogens is 1. The molecule has 2 saturated heterocycles. The second-order valence-electron chi connectivity index (χ2n) is 9.23. The Balaban J connectivity index is 1.56. The van der Waals surface area contributed by atoms with E-state index < -0.39 is 60.3 Å². The molecule has 1 saturated carbocycles. The van der Waals surface area contributed by atoms with Gasteiger partial charge in [0.05, 0.1) is 24.3 Å². The van der Waals surface area contributed by atoms with Gasteiger partial charge in [-0.2, -0.15) is 0 Å². The van der Waals surface area contributed by atoms with E-state index >= 15 is 0 Å². The predicted octanol–water partition coefficient (Wildman–Crippen LogP) is -1.83. The van der Waals surface area contributed by atoms with Crippen molar-refractivity contribution in [3.63, 3.8) is 0 Å². The van der Waals surface area contributed by atoms with Crippen LogP contribution in [0.1, 0.15) is 18.9 Å². The molecular formula is C22H34FN3O7. The zero-order valence-corrected chi connectivity index (χ0v) is 18.9. The molecule has 10 nitrogen and oxygen atoms in total. The monoisotopic (exact) mass is 471 g/mol. The van der Waals surface area contributed by atoms with Crippen LogP contribution in [0.5, 0.6) is 0 Å². The molecule has 2 heterocycles. The number of hydrogen-bond donors (Lipinski definition) is 7. The molecule has 186 valence electrons. The van der Waals surface area contributed by atoms with Crippen molar-refractivity contribution < 1.29 is 39.0 Å². The minimum Gasteiger partial charge on any atom is -0.390 e. The molecule has 2 aliphatic heterocycles. The average Bonchev–Trinajstić information content (AvgIpc) is 2.76. The number of aliphatic hydroxyl groups is 4. The van der Waals surface area contributed by atoms with E-state index in [1.807, 2.05) is 0 Å². The van der Waals surface area contributed by atoms with Crippen molar-refractivity contribution in [2.45, 2.75) is 80.2 Å². The molecule has 0 spiro atoms. The highest BCUT2D eigenvalue weighted by molar-refractivity contribution is 5.16. The van der Waals surface area contributed by atoms with Gasteiger partial charge in [0.1, 0.15) is 29.7 Å². The molecule has 1 aliphatic carbocycles. The molecule has 0 bridgehead atoms. The molecule has 1 unspecified atom stereocenters. The van der Waals surface area contributed by atoms with E-state index in [-0.39, 0.29) is 18.8 Å². The van der Waals surface area contributed by atoms with Crippen molar-refractivity contribution in [1.29, 1.82) is 0 Å². The number of benzene rings is 1. The average molecular weight is 472 g/mol. The molecule has 10 atom stereocenters. The highest BCUT2D eigenvalue weighted by Gasteiger charge is 2.68. The Morgan fingerprint density at radius 1 is 1.00 bits per heavy atom. The summed E-state index contributed by atoms with van der Waals surface area (Å²) in [5.74, 6) is -2.61. The third kappa shape index (κ3) is 4.31. The fourth-order valence-electron chi connectivity index (χ4n) is 5.24. The first kappa shape index (κ1) is 24.9.